The minimum atomic E-state index is 0.0100. The van der Waals surface area contributed by atoms with Crippen molar-refractivity contribution in [2.24, 2.45) is 5.73 Å². The van der Waals surface area contributed by atoms with E-state index in [1.807, 2.05) is 0 Å². The van der Waals surface area contributed by atoms with Crippen molar-refractivity contribution in [3.8, 4) is 11.5 Å². The summed E-state index contributed by atoms with van der Waals surface area (Å²) in [5.41, 5.74) is 5.13. The van der Waals surface area contributed by atoms with Gasteiger partial charge in [-0.05, 0) is 24.3 Å². The molecule has 1 aromatic rings. The van der Waals surface area contributed by atoms with Gasteiger partial charge in [0.1, 0.15) is 23.9 Å². The zero-order valence-electron chi connectivity index (χ0n) is 7.41. The minimum absolute atomic E-state index is 0.0100. The van der Waals surface area contributed by atoms with E-state index in [2.05, 4.69) is 0 Å². The number of nitrogens with one attached hydrogen (secondary N) is 1. The summed E-state index contributed by atoms with van der Waals surface area (Å²) in [7, 11) is 1.60. The van der Waals surface area contributed by atoms with Gasteiger partial charge in [0.2, 0.25) is 0 Å². The number of rotatable bonds is 4. The molecule has 0 radical (unpaired) electrons. The van der Waals surface area contributed by atoms with Crippen LogP contribution in [0.25, 0.3) is 0 Å². The Kier molecular flexibility index (Phi) is 3.14. The molecule has 0 heterocycles. The second-order valence-corrected chi connectivity index (χ2v) is 2.49. The van der Waals surface area contributed by atoms with E-state index in [4.69, 9.17) is 20.6 Å². The maximum absolute atomic E-state index is 6.95. The fourth-order valence-corrected chi connectivity index (χ4v) is 0.833. The third-order valence-electron chi connectivity index (χ3n) is 1.45. The topological polar surface area (TPSA) is 68.3 Å². The summed E-state index contributed by atoms with van der Waals surface area (Å²) in [5, 5.41) is 6.95. The second kappa shape index (κ2) is 4.35. The predicted molar refractivity (Wildman–Crippen MR) is 50.4 cm³/mol. The molecule has 70 valence electrons. The van der Waals surface area contributed by atoms with Crippen molar-refractivity contribution < 1.29 is 9.47 Å². The first-order valence-electron chi connectivity index (χ1n) is 3.82. The summed E-state index contributed by atoms with van der Waals surface area (Å²) in [6.07, 6.45) is 0. The van der Waals surface area contributed by atoms with Crippen LogP contribution in [0.1, 0.15) is 0 Å². The molecule has 0 saturated heterocycles. The van der Waals surface area contributed by atoms with Gasteiger partial charge in [-0.1, -0.05) is 0 Å². The number of benzene rings is 1. The molecule has 13 heavy (non-hydrogen) atoms. The zero-order valence-corrected chi connectivity index (χ0v) is 7.41. The Bertz CT molecular complexity index is 282. The Balaban J connectivity index is 2.54. The van der Waals surface area contributed by atoms with Crippen molar-refractivity contribution in [3.63, 3.8) is 0 Å². The maximum atomic E-state index is 6.95. The van der Waals surface area contributed by atoms with Crippen molar-refractivity contribution >= 4 is 5.84 Å². The van der Waals surface area contributed by atoms with Crippen LogP contribution in [0.3, 0.4) is 0 Å². The van der Waals surface area contributed by atoms with Gasteiger partial charge in [0.15, 0.2) is 0 Å². The van der Waals surface area contributed by atoms with E-state index < -0.39 is 0 Å². The number of ether oxygens (including phenoxy) is 2. The van der Waals surface area contributed by atoms with Gasteiger partial charge in [-0.15, -0.1) is 0 Å². The van der Waals surface area contributed by atoms with Crippen LogP contribution in [0.2, 0.25) is 0 Å². The Morgan fingerprint density at radius 3 is 2.31 bits per heavy atom. The molecule has 0 unspecified atom stereocenters. The lowest BCUT2D eigenvalue weighted by atomic mass is 10.3. The highest BCUT2D eigenvalue weighted by molar-refractivity contribution is 5.78. The molecule has 4 nitrogen and oxygen atoms in total. The van der Waals surface area contributed by atoms with Crippen molar-refractivity contribution in [1.29, 1.82) is 5.41 Å². The van der Waals surface area contributed by atoms with E-state index in [0.29, 0.717) is 5.75 Å². The van der Waals surface area contributed by atoms with Crippen LogP contribution in [0.15, 0.2) is 24.3 Å². The van der Waals surface area contributed by atoms with Crippen LogP contribution >= 0.6 is 0 Å². The summed E-state index contributed by atoms with van der Waals surface area (Å²) in [6, 6.07) is 7.11. The zero-order chi connectivity index (χ0) is 9.68. The standard InChI is InChI=1S/C9H12N2O2/c1-12-7-2-4-8(5-3-7)13-6-9(10)11/h2-5H,6H2,1H3,(H3,10,11). The lowest BCUT2D eigenvalue weighted by Crippen LogP contribution is -2.19. The molecule has 0 aliphatic carbocycles. The summed E-state index contributed by atoms with van der Waals surface area (Å²) in [6.45, 7) is 0.117. The molecule has 1 rings (SSSR count). The highest BCUT2D eigenvalue weighted by atomic mass is 16.5. The van der Waals surface area contributed by atoms with E-state index in [1.54, 1.807) is 31.4 Å². The third-order valence-corrected chi connectivity index (χ3v) is 1.45. The number of nitrogens with two attached hydrogens (primary N) is 1. The van der Waals surface area contributed by atoms with Gasteiger partial charge in [0.25, 0.3) is 0 Å². The van der Waals surface area contributed by atoms with Crippen LogP contribution in [0.4, 0.5) is 0 Å². The molecule has 0 aromatic heterocycles. The van der Waals surface area contributed by atoms with Crippen LogP contribution in [0, 0.1) is 5.41 Å². The van der Waals surface area contributed by atoms with Crippen LogP contribution in [0.5, 0.6) is 11.5 Å². The average molecular weight is 180 g/mol. The fraction of sp³-hybridized carbons (Fsp3) is 0.222. The highest BCUT2D eigenvalue weighted by Crippen LogP contribution is 2.16. The molecule has 0 bridgehead atoms. The van der Waals surface area contributed by atoms with Gasteiger partial charge in [-0.3, -0.25) is 5.41 Å². The first-order chi connectivity index (χ1) is 6.22. The first kappa shape index (κ1) is 9.38. The van der Waals surface area contributed by atoms with Gasteiger partial charge in [-0.2, -0.15) is 0 Å². The van der Waals surface area contributed by atoms with Gasteiger partial charge < -0.3 is 15.2 Å². The monoisotopic (exact) mass is 180 g/mol. The molecule has 3 N–H and O–H groups in total. The van der Waals surface area contributed by atoms with Gasteiger partial charge in [0, 0.05) is 0 Å². The molecule has 0 atom stereocenters. The lowest BCUT2D eigenvalue weighted by molar-refractivity contribution is 0.372. The predicted octanol–water partition coefficient (Wildman–Crippen LogP) is 1.01. The number of hydrogen-bond donors (Lipinski definition) is 2. The van der Waals surface area contributed by atoms with Crippen LogP contribution in [-0.4, -0.2) is 19.6 Å². The average Bonchev–Trinajstić information content (AvgIpc) is 2.15. The van der Waals surface area contributed by atoms with Crippen LogP contribution in [-0.2, 0) is 0 Å². The first-order valence-corrected chi connectivity index (χ1v) is 3.82. The highest BCUT2D eigenvalue weighted by Gasteiger charge is 1.95. The summed E-state index contributed by atoms with van der Waals surface area (Å²) in [4.78, 5) is 0. The van der Waals surface area contributed by atoms with Crippen molar-refractivity contribution in [3.05, 3.63) is 24.3 Å². The van der Waals surface area contributed by atoms with E-state index in [9.17, 15) is 0 Å². The molecular weight excluding hydrogens is 168 g/mol. The van der Waals surface area contributed by atoms with Crippen molar-refractivity contribution in [2.75, 3.05) is 13.7 Å². The number of amidine groups is 1. The summed E-state index contributed by atoms with van der Waals surface area (Å²) in [5.74, 6) is 1.46. The summed E-state index contributed by atoms with van der Waals surface area (Å²) < 4.78 is 10.1. The molecule has 0 spiro atoms. The minimum Gasteiger partial charge on any atom is -0.497 e. The smallest absolute Gasteiger partial charge is 0.145 e. The lowest BCUT2D eigenvalue weighted by Gasteiger charge is -2.05. The molecule has 4 heteroatoms. The fourth-order valence-electron chi connectivity index (χ4n) is 0.833. The molecular formula is C9H12N2O2. The second-order valence-electron chi connectivity index (χ2n) is 2.49. The van der Waals surface area contributed by atoms with E-state index >= 15 is 0 Å². The molecule has 0 fully saturated rings. The Morgan fingerprint density at radius 1 is 1.31 bits per heavy atom. The number of methoxy groups -OCH3 is 1. The molecule has 1 aromatic carbocycles. The van der Waals surface area contributed by atoms with E-state index in [0.717, 1.165) is 5.75 Å². The third kappa shape index (κ3) is 3.02. The molecule has 0 saturated carbocycles. The SMILES string of the molecule is COc1ccc(OCC(=N)N)cc1. The quantitative estimate of drug-likeness (QED) is 0.536. The van der Waals surface area contributed by atoms with Crippen LogP contribution < -0.4 is 15.2 Å². The summed E-state index contributed by atoms with van der Waals surface area (Å²) >= 11 is 0. The van der Waals surface area contributed by atoms with Crippen molar-refractivity contribution in [2.45, 2.75) is 0 Å². The molecule has 0 amide bonds. The van der Waals surface area contributed by atoms with E-state index in [-0.39, 0.29) is 12.4 Å². The van der Waals surface area contributed by atoms with Gasteiger partial charge in [-0.25, -0.2) is 0 Å². The maximum Gasteiger partial charge on any atom is 0.145 e. The molecule has 0 aliphatic heterocycles. The molecule has 0 aliphatic rings. The van der Waals surface area contributed by atoms with Crippen molar-refractivity contribution in [1.82, 2.24) is 0 Å². The Labute approximate surface area is 76.8 Å². The van der Waals surface area contributed by atoms with E-state index in [1.165, 1.54) is 0 Å². The van der Waals surface area contributed by atoms with Gasteiger partial charge >= 0.3 is 0 Å². The van der Waals surface area contributed by atoms with Gasteiger partial charge in [0.05, 0.1) is 7.11 Å². The largest absolute Gasteiger partial charge is 0.497 e. The normalized spacial score (nSPS) is 9.31. The Morgan fingerprint density at radius 2 is 1.85 bits per heavy atom. The Hall–Kier alpha value is -1.71. The number of hydrogen-bond acceptors (Lipinski definition) is 3.